The molecule has 2 aromatic rings. The van der Waals surface area contributed by atoms with E-state index in [4.69, 9.17) is 4.74 Å². The molecule has 2 fully saturated rings. The number of unbranched alkanes of at least 4 members (excludes halogenated alkanes) is 2. The maximum Gasteiger partial charge on any atom is 0.119 e. The van der Waals surface area contributed by atoms with E-state index in [2.05, 4.69) is 59.8 Å². The van der Waals surface area contributed by atoms with E-state index in [0.717, 1.165) is 50.9 Å². The molecule has 0 bridgehead atoms. The number of ether oxygens (including phenoxy) is 1. The molecule has 0 aliphatic heterocycles. The minimum Gasteiger partial charge on any atom is -0.508 e. The van der Waals surface area contributed by atoms with Gasteiger partial charge in [-0.05, 0) is 126 Å². The smallest absolute Gasteiger partial charge is 0.119 e. The third-order valence-electron chi connectivity index (χ3n) is 9.02. The molecule has 2 saturated carbocycles. The van der Waals surface area contributed by atoms with E-state index in [0.29, 0.717) is 29.4 Å². The molecular weight excluding hydrogens is 523 g/mol. The summed E-state index contributed by atoms with van der Waals surface area (Å²) in [4.78, 5) is 0. The third-order valence-corrected chi connectivity index (χ3v) is 9.78. The second-order valence-electron chi connectivity index (χ2n) is 10.8. The number of hydrogen-bond donors (Lipinski definition) is 2. The molecule has 0 aromatic heterocycles. The lowest BCUT2D eigenvalue weighted by atomic mass is 9.51. The SMILES string of the molecule is C[C@]12C[C@H](c3ccc(OCCCCCI)cc3)[C@@H]3c4ccc(O)cc4CC[C@H]3[C@@H]1CC[C@@H]2O. The highest BCUT2D eigenvalue weighted by Gasteiger charge is 2.57. The van der Waals surface area contributed by atoms with E-state index in [1.165, 1.54) is 34.0 Å². The fraction of sp³-hybridized carbons (Fsp3) is 0.586. The fourth-order valence-electron chi connectivity index (χ4n) is 7.37. The molecule has 0 heterocycles. The van der Waals surface area contributed by atoms with Crippen molar-refractivity contribution in [2.45, 2.75) is 76.2 Å². The van der Waals surface area contributed by atoms with E-state index in [9.17, 15) is 10.2 Å². The number of benzene rings is 2. The highest BCUT2D eigenvalue weighted by Crippen LogP contribution is 2.65. The van der Waals surface area contributed by atoms with E-state index in [-0.39, 0.29) is 11.5 Å². The predicted molar refractivity (Wildman–Crippen MR) is 142 cm³/mol. The van der Waals surface area contributed by atoms with Crippen LogP contribution in [-0.2, 0) is 6.42 Å². The van der Waals surface area contributed by atoms with Gasteiger partial charge in [0.05, 0.1) is 12.7 Å². The molecule has 4 heteroatoms. The maximum absolute atomic E-state index is 11.0. The molecule has 0 unspecified atom stereocenters. The third kappa shape index (κ3) is 4.42. The summed E-state index contributed by atoms with van der Waals surface area (Å²) in [6.07, 6.45) is 8.69. The summed E-state index contributed by atoms with van der Waals surface area (Å²) in [5.41, 5.74) is 4.10. The largest absolute Gasteiger partial charge is 0.508 e. The van der Waals surface area contributed by atoms with Crippen molar-refractivity contribution in [2.24, 2.45) is 17.3 Å². The van der Waals surface area contributed by atoms with Gasteiger partial charge in [0.15, 0.2) is 0 Å². The molecule has 2 aromatic carbocycles. The number of aryl methyl sites for hydroxylation is 1. The molecule has 3 nitrogen and oxygen atoms in total. The first-order chi connectivity index (χ1) is 16.0. The lowest BCUT2D eigenvalue weighted by Crippen LogP contribution is -2.47. The number of phenols is 1. The summed E-state index contributed by atoms with van der Waals surface area (Å²) in [5.74, 6) is 3.35. The van der Waals surface area contributed by atoms with Crippen molar-refractivity contribution in [2.75, 3.05) is 11.0 Å². The van der Waals surface area contributed by atoms with Gasteiger partial charge in [0.1, 0.15) is 11.5 Å². The molecule has 0 amide bonds. The highest BCUT2D eigenvalue weighted by atomic mass is 127. The summed E-state index contributed by atoms with van der Waals surface area (Å²) >= 11 is 2.43. The standard InChI is InChI=1S/C29H37IO3/c1-29-18-25(19-5-9-22(10-6-19)33-16-4-2-3-15-30)28-23-12-8-21(31)17-20(23)7-11-24(28)26(29)13-14-27(29)32/h5-6,8-10,12,17,24-28,31-32H,2-4,7,11,13-16,18H2,1H3/t24-,25+,26-,27-,28+,29-/m0/s1. The van der Waals surface area contributed by atoms with E-state index >= 15 is 0 Å². The van der Waals surface area contributed by atoms with Crippen LogP contribution in [0.15, 0.2) is 42.5 Å². The molecule has 2 N–H and O–H groups in total. The summed E-state index contributed by atoms with van der Waals surface area (Å²) in [5, 5.41) is 21.1. The summed E-state index contributed by atoms with van der Waals surface area (Å²) in [7, 11) is 0. The second kappa shape index (κ2) is 9.77. The number of hydrogen-bond acceptors (Lipinski definition) is 3. The number of aromatic hydroxyl groups is 1. The highest BCUT2D eigenvalue weighted by molar-refractivity contribution is 14.1. The normalized spacial score (nSPS) is 32.6. The minimum atomic E-state index is -0.197. The molecule has 178 valence electrons. The zero-order valence-corrected chi connectivity index (χ0v) is 21.8. The Hall–Kier alpha value is -1.27. The van der Waals surface area contributed by atoms with Gasteiger partial charge in [-0.15, -0.1) is 0 Å². The Balaban J connectivity index is 1.43. The molecule has 0 radical (unpaired) electrons. The van der Waals surface area contributed by atoms with Gasteiger partial charge in [-0.25, -0.2) is 0 Å². The van der Waals surface area contributed by atoms with Gasteiger partial charge in [-0.1, -0.05) is 47.7 Å². The van der Waals surface area contributed by atoms with Gasteiger partial charge in [0.25, 0.3) is 0 Å². The van der Waals surface area contributed by atoms with E-state index in [1.54, 1.807) is 0 Å². The van der Waals surface area contributed by atoms with Crippen molar-refractivity contribution >= 4 is 22.6 Å². The summed E-state index contributed by atoms with van der Waals surface area (Å²) < 4.78 is 7.22. The number of alkyl halides is 1. The molecule has 0 spiro atoms. The molecule has 33 heavy (non-hydrogen) atoms. The van der Waals surface area contributed by atoms with E-state index < -0.39 is 0 Å². The van der Waals surface area contributed by atoms with Crippen LogP contribution in [0, 0.1) is 17.3 Å². The fourth-order valence-corrected chi connectivity index (χ4v) is 7.91. The number of halogens is 1. The van der Waals surface area contributed by atoms with Crippen LogP contribution in [0.25, 0.3) is 0 Å². The Labute approximate surface area is 212 Å². The van der Waals surface area contributed by atoms with Crippen LogP contribution in [-0.4, -0.2) is 27.4 Å². The van der Waals surface area contributed by atoms with Crippen LogP contribution >= 0.6 is 22.6 Å². The number of phenolic OH excluding ortho intramolecular Hbond substituents is 1. The zero-order valence-electron chi connectivity index (χ0n) is 19.7. The molecular formula is C29H37IO3. The monoisotopic (exact) mass is 560 g/mol. The number of aliphatic hydroxyl groups excluding tert-OH is 1. The van der Waals surface area contributed by atoms with Crippen LogP contribution in [0.1, 0.15) is 80.4 Å². The zero-order chi connectivity index (χ0) is 23.0. The molecule has 3 aliphatic rings. The summed E-state index contributed by atoms with van der Waals surface area (Å²) in [6, 6.07) is 14.8. The predicted octanol–water partition coefficient (Wildman–Crippen LogP) is 6.99. The van der Waals surface area contributed by atoms with Gasteiger partial charge in [-0.2, -0.15) is 0 Å². The first kappa shape index (κ1) is 23.5. The quantitative estimate of drug-likeness (QED) is 0.218. The van der Waals surface area contributed by atoms with Crippen molar-refractivity contribution < 1.29 is 14.9 Å². The van der Waals surface area contributed by atoms with Crippen LogP contribution < -0.4 is 4.74 Å². The Bertz CT molecular complexity index is 958. The van der Waals surface area contributed by atoms with Gasteiger partial charge in [0.2, 0.25) is 0 Å². The van der Waals surface area contributed by atoms with E-state index in [1.807, 2.05) is 12.1 Å². The second-order valence-corrected chi connectivity index (χ2v) is 11.9. The van der Waals surface area contributed by atoms with Gasteiger partial charge in [-0.3, -0.25) is 0 Å². The first-order valence-electron chi connectivity index (χ1n) is 12.8. The molecule has 3 aliphatic carbocycles. The first-order valence-corrected chi connectivity index (χ1v) is 14.3. The lowest BCUT2D eigenvalue weighted by molar-refractivity contribution is -0.0323. The number of rotatable bonds is 7. The topological polar surface area (TPSA) is 49.7 Å². The minimum absolute atomic E-state index is 0.00587. The van der Waals surface area contributed by atoms with Gasteiger partial charge < -0.3 is 14.9 Å². The number of fused-ring (bicyclic) bond motifs is 5. The Morgan fingerprint density at radius 2 is 1.85 bits per heavy atom. The van der Waals surface area contributed by atoms with Crippen LogP contribution in [0.4, 0.5) is 0 Å². The maximum atomic E-state index is 11.0. The lowest BCUT2D eigenvalue weighted by Gasteiger charge is -2.54. The Kier molecular flexibility index (Phi) is 6.95. The van der Waals surface area contributed by atoms with Crippen molar-refractivity contribution in [1.82, 2.24) is 0 Å². The van der Waals surface area contributed by atoms with Crippen molar-refractivity contribution in [1.29, 1.82) is 0 Å². The van der Waals surface area contributed by atoms with Crippen LogP contribution in [0.3, 0.4) is 0 Å². The summed E-state index contributed by atoms with van der Waals surface area (Å²) in [6.45, 7) is 3.13. The Morgan fingerprint density at radius 1 is 1.03 bits per heavy atom. The average molecular weight is 561 g/mol. The van der Waals surface area contributed by atoms with Crippen molar-refractivity contribution in [3.63, 3.8) is 0 Å². The van der Waals surface area contributed by atoms with Crippen molar-refractivity contribution in [3.05, 3.63) is 59.2 Å². The average Bonchev–Trinajstić information content (AvgIpc) is 3.12. The van der Waals surface area contributed by atoms with Gasteiger partial charge in [0, 0.05) is 0 Å². The van der Waals surface area contributed by atoms with Crippen LogP contribution in [0.5, 0.6) is 11.5 Å². The van der Waals surface area contributed by atoms with Crippen LogP contribution in [0.2, 0.25) is 0 Å². The number of aliphatic hydroxyl groups is 1. The van der Waals surface area contributed by atoms with Crippen molar-refractivity contribution in [3.8, 4) is 11.5 Å². The molecule has 5 rings (SSSR count). The molecule has 0 saturated heterocycles. The molecule has 6 atom stereocenters. The van der Waals surface area contributed by atoms with Gasteiger partial charge >= 0.3 is 0 Å². The Morgan fingerprint density at radius 3 is 2.64 bits per heavy atom.